The van der Waals surface area contributed by atoms with Gasteiger partial charge in [0.15, 0.2) is 5.78 Å². The fourth-order valence-corrected chi connectivity index (χ4v) is 3.17. The van der Waals surface area contributed by atoms with Crippen LogP contribution in [0.3, 0.4) is 0 Å². The molecule has 0 bridgehead atoms. The van der Waals surface area contributed by atoms with Crippen molar-refractivity contribution in [3.05, 3.63) is 52.9 Å². The van der Waals surface area contributed by atoms with Crippen molar-refractivity contribution in [2.24, 2.45) is 0 Å². The molecule has 0 heterocycles. The Kier molecular flexibility index (Phi) is 2.97. The number of carbonyl (C=O) groups excluding carboxylic acids is 1. The van der Waals surface area contributed by atoms with E-state index in [1.54, 1.807) is 6.08 Å². The molecule has 2 nitrogen and oxygen atoms in total. The molecule has 0 unspecified atom stereocenters. The van der Waals surface area contributed by atoms with Gasteiger partial charge >= 0.3 is 0 Å². The Labute approximate surface area is 128 Å². The second-order valence-corrected chi connectivity index (χ2v) is 5.57. The number of benzene rings is 3. The smallest absolute Gasteiger partial charge is 0.160 e. The van der Waals surface area contributed by atoms with Crippen LogP contribution < -0.4 is 15.2 Å². The third-order valence-electron chi connectivity index (χ3n) is 4.17. The van der Waals surface area contributed by atoms with E-state index in [2.05, 4.69) is 36.4 Å². The van der Waals surface area contributed by atoms with Crippen LogP contribution in [-0.2, 0) is 4.79 Å². The van der Waals surface area contributed by atoms with Crippen molar-refractivity contribution in [1.82, 2.24) is 0 Å². The Hall–Kier alpha value is -2.61. The summed E-state index contributed by atoms with van der Waals surface area (Å²) >= 11 is 0. The highest BCUT2D eigenvalue weighted by atomic mass is 16.5. The van der Waals surface area contributed by atoms with Gasteiger partial charge < -0.3 is 4.74 Å². The summed E-state index contributed by atoms with van der Waals surface area (Å²) in [6.45, 7) is 2.61. The normalized spacial score (nSPS) is 13.6. The Balaban J connectivity index is 2.20. The van der Waals surface area contributed by atoms with Crippen LogP contribution in [0.5, 0.6) is 5.75 Å². The second kappa shape index (κ2) is 4.99. The number of fused-ring (bicyclic) bond motifs is 4. The van der Waals surface area contributed by atoms with E-state index in [4.69, 9.17) is 4.74 Å². The van der Waals surface area contributed by atoms with Gasteiger partial charge in [-0.3, -0.25) is 4.79 Å². The first-order chi connectivity index (χ1) is 10.8. The molecule has 0 aromatic heterocycles. The minimum absolute atomic E-state index is 0.158. The Morgan fingerprint density at radius 3 is 2.68 bits per heavy atom. The topological polar surface area (TPSA) is 26.3 Å². The lowest BCUT2D eigenvalue weighted by Gasteiger charge is -2.12. The van der Waals surface area contributed by atoms with Gasteiger partial charge in [-0.1, -0.05) is 30.3 Å². The summed E-state index contributed by atoms with van der Waals surface area (Å²) < 4.78 is 5.84. The van der Waals surface area contributed by atoms with E-state index in [0.29, 0.717) is 13.0 Å². The van der Waals surface area contributed by atoms with Crippen molar-refractivity contribution < 1.29 is 9.53 Å². The zero-order valence-electron chi connectivity index (χ0n) is 12.4. The van der Waals surface area contributed by atoms with Gasteiger partial charge in [-0.2, -0.15) is 0 Å². The molecule has 3 aromatic carbocycles. The monoisotopic (exact) mass is 288 g/mol. The number of hydrogen-bond donors (Lipinski definition) is 0. The minimum atomic E-state index is 0.158. The second-order valence-electron chi connectivity index (χ2n) is 5.57. The molecule has 22 heavy (non-hydrogen) atoms. The molecule has 0 radical (unpaired) electrons. The van der Waals surface area contributed by atoms with E-state index >= 15 is 0 Å². The molecule has 1 aliphatic rings. The van der Waals surface area contributed by atoms with Gasteiger partial charge in [0.1, 0.15) is 5.75 Å². The largest absolute Gasteiger partial charge is 0.493 e. The van der Waals surface area contributed by atoms with Gasteiger partial charge in [0.2, 0.25) is 0 Å². The Morgan fingerprint density at radius 2 is 1.82 bits per heavy atom. The lowest BCUT2D eigenvalue weighted by molar-refractivity contribution is -0.112. The number of hydrogen-bond acceptors (Lipinski definition) is 2. The summed E-state index contributed by atoms with van der Waals surface area (Å²) in [7, 11) is 0. The van der Waals surface area contributed by atoms with Crippen molar-refractivity contribution >= 4 is 39.5 Å². The van der Waals surface area contributed by atoms with Crippen LogP contribution in [0.25, 0.3) is 33.7 Å². The average Bonchev–Trinajstić information content (AvgIpc) is 2.54. The first kappa shape index (κ1) is 13.1. The lowest BCUT2D eigenvalue weighted by Crippen LogP contribution is -2.28. The van der Waals surface area contributed by atoms with Crippen molar-refractivity contribution in [1.29, 1.82) is 0 Å². The highest BCUT2D eigenvalue weighted by Gasteiger charge is 2.10. The summed E-state index contributed by atoms with van der Waals surface area (Å²) in [5.41, 5.74) is 0. The summed E-state index contributed by atoms with van der Waals surface area (Å²) in [5.74, 6) is 1.04. The van der Waals surface area contributed by atoms with Gasteiger partial charge in [0.25, 0.3) is 0 Å². The van der Waals surface area contributed by atoms with Crippen molar-refractivity contribution in [3.8, 4) is 5.75 Å². The summed E-state index contributed by atoms with van der Waals surface area (Å²) in [4.78, 5) is 11.7. The van der Waals surface area contributed by atoms with Gasteiger partial charge in [-0.25, -0.2) is 0 Å². The first-order valence-corrected chi connectivity index (χ1v) is 7.59. The molecule has 0 saturated heterocycles. The average molecular weight is 288 g/mol. The van der Waals surface area contributed by atoms with E-state index < -0.39 is 0 Å². The van der Waals surface area contributed by atoms with Crippen LogP contribution in [0, 0.1) is 0 Å². The van der Waals surface area contributed by atoms with Gasteiger partial charge in [-0.05, 0) is 57.8 Å². The van der Waals surface area contributed by atoms with E-state index in [1.165, 1.54) is 16.2 Å². The molecule has 108 valence electrons. The molecular weight excluding hydrogens is 272 g/mol. The van der Waals surface area contributed by atoms with Gasteiger partial charge in [0, 0.05) is 11.8 Å². The molecule has 1 aliphatic carbocycles. The Bertz CT molecular complexity index is 1030. The van der Waals surface area contributed by atoms with Crippen LogP contribution >= 0.6 is 0 Å². The fourth-order valence-electron chi connectivity index (χ4n) is 3.17. The highest BCUT2D eigenvalue weighted by molar-refractivity contribution is 6.13. The predicted octanol–water partition coefficient (Wildman–Crippen LogP) is 2.93. The van der Waals surface area contributed by atoms with E-state index in [0.717, 1.165) is 21.6 Å². The molecule has 0 amide bonds. The van der Waals surface area contributed by atoms with E-state index in [-0.39, 0.29) is 5.78 Å². The zero-order valence-corrected chi connectivity index (χ0v) is 12.4. The standard InChI is InChI=1S/C20H16O2/c1-2-22-20-12-14-5-3-4-6-17(14)18-10-13-7-8-16(21)9-15(13)11-19(18)20/h3-7,9-12H,2,8H2,1H3. The Morgan fingerprint density at radius 1 is 1.00 bits per heavy atom. The minimum Gasteiger partial charge on any atom is -0.493 e. The zero-order chi connectivity index (χ0) is 15.1. The SMILES string of the molecule is CCOc1cc2ccccc2c2cc3c(cc12)=CC(=O)CC=3. The van der Waals surface area contributed by atoms with Crippen molar-refractivity contribution in [2.45, 2.75) is 13.3 Å². The molecule has 0 N–H and O–H groups in total. The highest BCUT2D eigenvalue weighted by Crippen LogP contribution is 2.32. The summed E-state index contributed by atoms with van der Waals surface area (Å²) in [6, 6.07) is 14.7. The lowest BCUT2D eigenvalue weighted by atomic mass is 9.97. The maximum Gasteiger partial charge on any atom is 0.160 e. The first-order valence-electron chi connectivity index (χ1n) is 7.59. The maximum atomic E-state index is 11.7. The molecule has 0 aliphatic heterocycles. The fraction of sp³-hybridized carbons (Fsp3) is 0.150. The van der Waals surface area contributed by atoms with Crippen LogP contribution in [0.15, 0.2) is 42.5 Å². The van der Waals surface area contributed by atoms with Crippen molar-refractivity contribution in [2.75, 3.05) is 6.61 Å². The van der Waals surface area contributed by atoms with Gasteiger partial charge in [0.05, 0.1) is 6.61 Å². The van der Waals surface area contributed by atoms with E-state index in [1.807, 2.05) is 19.1 Å². The molecule has 0 spiro atoms. The van der Waals surface area contributed by atoms with E-state index in [9.17, 15) is 4.79 Å². The summed E-state index contributed by atoms with van der Waals surface area (Å²) in [5, 5.41) is 6.76. The van der Waals surface area contributed by atoms with Gasteiger partial charge in [-0.15, -0.1) is 0 Å². The quantitative estimate of drug-likeness (QED) is 0.678. The number of rotatable bonds is 2. The number of ether oxygens (including phenoxy) is 1. The molecule has 3 aromatic rings. The molecule has 2 heteroatoms. The molecule has 0 saturated carbocycles. The van der Waals surface area contributed by atoms with Crippen LogP contribution in [0.4, 0.5) is 0 Å². The maximum absolute atomic E-state index is 11.7. The molecular formula is C20H16O2. The number of carbonyl (C=O) groups is 1. The van der Waals surface area contributed by atoms with Crippen LogP contribution in [0.2, 0.25) is 0 Å². The number of ketones is 1. The van der Waals surface area contributed by atoms with Crippen LogP contribution in [-0.4, -0.2) is 12.4 Å². The number of Topliss-reactive ketones (excluding diaryl/α,β-unsaturated/α-hetero) is 1. The van der Waals surface area contributed by atoms with Crippen molar-refractivity contribution in [3.63, 3.8) is 0 Å². The predicted molar refractivity (Wildman–Crippen MR) is 90.4 cm³/mol. The molecule has 0 atom stereocenters. The van der Waals surface area contributed by atoms with Crippen LogP contribution in [0.1, 0.15) is 13.3 Å². The third kappa shape index (κ3) is 2.00. The third-order valence-corrected chi connectivity index (χ3v) is 4.17. The molecule has 0 fully saturated rings. The summed E-state index contributed by atoms with van der Waals surface area (Å²) in [6.07, 6.45) is 4.24. The molecule has 4 rings (SSSR count).